The van der Waals surface area contributed by atoms with Crippen LogP contribution in [0, 0.1) is 13.8 Å². The highest BCUT2D eigenvalue weighted by atomic mass is 35.5. The van der Waals surface area contributed by atoms with E-state index in [4.69, 9.17) is 20.8 Å². The van der Waals surface area contributed by atoms with Crippen LogP contribution in [0.2, 0.25) is 5.02 Å². The second-order valence-corrected chi connectivity index (χ2v) is 7.12. The third-order valence-electron chi connectivity index (χ3n) is 3.71. The molecule has 1 amide bonds. The van der Waals surface area contributed by atoms with E-state index in [9.17, 15) is 4.79 Å². The quantitative estimate of drug-likeness (QED) is 0.578. The smallest absolute Gasteiger partial charge is 0.277 e. The van der Waals surface area contributed by atoms with Crippen LogP contribution < -0.4 is 10.1 Å². The van der Waals surface area contributed by atoms with Crippen molar-refractivity contribution in [2.24, 2.45) is 0 Å². The van der Waals surface area contributed by atoms with Crippen molar-refractivity contribution in [1.82, 2.24) is 10.2 Å². The highest BCUT2D eigenvalue weighted by Gasteiger charge is 2.12. The second kappa shape index (κ2) is 8.92. The first-order valence-electron chi connectivity index (χ1n) is 8.21. The minimum Gasteiger partial charge on any atom is -0.482 e. The Morgan fingerprint density at radius 1 is 1.15 bits per heavy atom. The lowest BCUT2D eigenvalue weighted by molar-refractivity contribution is -0.113. The number of aryl methyl sites for hydroxylation is 2. The molecule has 0 aliphatic heterocycles. The molecule has 1 aromatic heterocycles. The summed E-state index contributed by atoms with van der Waals surface area (Å²) in [7, 11) is 0. The van der Waals surface area contributed by atoms with Crippen molar-refractivity contribution < 1.29 is 13.9 Å². The number of nitrogens with one attached hydrogen (secondary N) is 1. The summed E-state index contributed by atoms with van der Waals surface area (Å²) in [6.07, 6.45) is 0. The van der Waals surface area contributed by atoms with E-state index in [1.165, 1.54) is 11.8 Å². The highest BCUT2D eigenvalue weighted by Crippen LogP contribution is 2.25. The molecule has 2 aromatic carbocycles. The molecular formula is C19H18ClN3O3S. The summed E-state index contributed by atoms with van der Waals surface area (Å²) in [6, 6.07) is 13.0. The number of halogens is 1. The van der Waals surface area contributed by atoms with Gasteiger partial charge in [-0.15, -0.1) is 10.2 Å². The molecule has 6 nitrogen and oxygen atoms in total. The van der Waals surface area contributed by atoms with Gasteiger partial charge in [0.1, 0.15) is 5.75 Å². The number of amides is 1. The lowest BCUT2D eigenvalue weighted by Gasteiger charge is -2.10. The van der Waals surface area contributed by atoms with E-state index < -0.39 is 0 Å². The second-order valence-electron chi connectivity index (χ2n) is 5.78. The van der Waals surface area contributed by atoms with Gasteiger partial charge in [0.25, 0.3) is 11.1 Å². The van der Waals surface area contributed by atoms with Crippen LogP contribution >= 0.6 is 23.4 Å². The Labute approximate surface area is 166 Å². The van der Waals surface area contributed by atoms with Crippen LogP contribution in [0.4, 0.5) is 5.69 Å². The average molecular weight is 404 g/mol. The molecule has 3 rings (SSSR count). The first-order chi connectivity index (χ1) is 13.0. The van der Waals surface area contributed by atoms with Crippen LogP contribution in [0.5, 0.6) is 5.75 Å². The Morgan fingerprint density at radius 2 is 1.89 bits per heavy atom. The van der Waals surface area contributed by atoms with Gasteiger partial charge in [0.2, 0.25) is 5.91 Å². The van der Waals surface area contributed by atoms with Crippen molar-refractivity contribution in [2.75, 3.05) is 11.1 Å². The zero-order valence-electron chi connectivity index (χ0n) is 14.9. The number of thioether (sulfide) groups is 1. The van der Waals surface area contributed by atoms with Gasteiger partial charge >= 0.3 is 0 Å². The average Bonchev–Trinajstić information content (AvgIpc) is 3.10. The van der Waals surface area contributed by atoms with Crippen LogP contribution in [0.15, 0.2) is 52.1 Å². The fraction of sp³-hybridized carbons (Fsp3) is 0.211. The van der Waals surface area contributed by atoms with E-state index in [0.29, 0.717) is 21.9 Å². The lowest BCUT2D eigenvalue weighted by atomic mass is 10.1. The number of ether oxygens (including phenoxy) is 1. The molecule has 1 heterocycles. The van der Waals surface area contributed by atoms with Crippen LogP contribution in [-0.2, 0) is 11.4 Å². The zero-order valence-corrected chi connectivity index (χ0v) is 16.4. The summed E-state index contributed by atoms with van der Waals surface area (Å²) in [5, 5.41) is 11.6. The summed E-state index contributed by atoms with van der Waals surface area (Å²) < 4.78 is 11.0. The van der Waals surface area contributed by atoms with E-state index in [1.807, 2.05) is 44.2 Å². The molecule has 0 fully saturated rings. The monoisotopic (exact) mass is 403 g/mol. The fourth-order valence-electron chi connectivity index (χ4n) is 2.37. The minimum absolute atomic E-state index is 0.103. The highest BCUT2D eigenvalue weighted by molar-refractivity contribution is 7.99. The molecule has 0 aliphatic carbocycles. The predicted octanol–water partition coefficient (Wildman–Crippen LogP) is 4.65. The van der Waals surface area contributed by atoms with Gasteiger partial charge in [0.15, 0.2) is 6.61 Å². The van der Waals surface area contributed by atoms with Gasteiger partial charge in [-0.25, -0.2) is 0 Å². The zero-order chi connectivity index (χ0) is 19.2. The number of rotatable bonds is 7. The van der Waals surface area contributed by atoms with E-state index >= 15 is 0 Å². The predicted molar refractivity (Wildman–Crippen MR) is 105 cm³/mol. The molecule has 0 bridgehead atoms. The number of para-hydroxylation sites is 2. The molecular weight excluding hydrogens is 386 g/mol. The third-order valence-corrected chi connectivity index (χ3v) is 4.84. The molecule has 3 aromatic rings. The number of carbonyl (C=O) groups is 1. The summed E-state index contributed by atoms with van der Waals surface area (Å²) in [6.45, 7) is 4.02. The Bertz CT molecular complexity index is 925. The molecule has 0 saturated carbocycles. The maximum Gasteiger partial charge on any atom is 0.277 e. The topological polar surface area (TPSA) is 77.2 Å². The largest absolute Gasteiger partial charge is 0.482 e. The summed E-state index contributed by atoms with van der Waals surface area (Å²) in [5.41, 5.74) is 2.87. The molecule has 0 atom stereocenters. The van der Waals surface area contributed by atoms with Crippen molar-refractivity contribution in [2.45, 2.75) is 25.7 Å². The Kier molecular flexibility index (Phi) is 6.36. The third kappa shape index (κ3) is 5.24. The van der Waals surface area contributed by atoms with Crippen molar-refractivity contribution in [1.29, 1.82) is 0 Å². The van der Waals surface area contributed by atoms with Gasteiger partial charge in [0.05, 0.1) is 10.8 Å². The molecule has 1 N–H and O–H groups in total. The summed E-state index contributed by atoms with van der Waals surface area (Å²) >= 11 is 7.20. The van der Waals surface area contributed by atoms with Gasteiger partial charge < -0.3 is 14.5 Å². The molecule has 140 valence electrons. The molecule has 0 aliphatic rings. The number of carbonyl (C=O) groups excluding carboxylic acids is 1. The summed E-state index contributed by atoms with van der Waals surface area (Å²) in [4.78, 5) is 12.2. The number of hydrogen-bond acceptors (Lipinski definition) is 6. The van der Waals surface area contributed by atoms with Crippen molar-refractivity contribution in [3.8, 4) is 5.75 Å². The SMILES string of the molecule is Cc1cccc(C)c1NC(=O)CSc1nnc(COc2ccccc2Cl)o1. The van der Waals surface area contributed by atoms with Gasteiger partial charge in [-0.3, -0.25) is 4.79 Å². The van der Waals surface area contributed by atoms with E-state index in [2.05, 4.69) is 15.5 Å². The summed E-state index contributed by atoms with van der Waals surface area (Å²) in [5.74, 6) is 0.887. The Balaban J connectivity index is 1.50. The van der Waals surface area contributed by atoms with E-state index in [0.717, 1.165) is 16.8 Å². The first kappa shape index (κ1) is 19.3. The molecule has 0 unspecified atom stereocenters. The molecule has 0 spiro atoms. The molecule has 27 heavy (non-hydrogen) atoms. The molecule has 8 heteroatoms. The lowest BCUT2D eigenvalue weighted by Crippen LogP contribution is -2.15. The van der Waals surface area contributed by atoms with Gasteiger partial charge in [-0.05, 0) is 37.1 Å². The fourth-order valence-corrected chi connectivity index (χ4v) is 3.14. The number of anilines is 1. The maximum atomic E-state index is 12.2. The van der Waals surface area contributed by atoms with Gasteiger partial charge in [-0.2, -0.15) is 0 Å². The number of benzene rings is 2. The van der Waals surface area contributed by atoms with Crippen molar-refractivity contribution in [3.05, 3.63) is 64.5 Å². The number of aromatic nitrogens is 2. The molecule has 0 saturated heterocycles. The number of hydrogen-bond donors (Lipinski definition) is 1. The maximum absolute atomic E-state index is 12.2. The normalized spacial score (nSPS) is 10.6. The van der Waals surface area contributed by atoms with Crippen LogP contribution in [0.25, 0.3) is 0 Å². The number of nitrogens with zero attached hydrogens (tertiary/aromatic N) is 2. The van der Waals surface area contributed by atoms with E-state index in [-0.39, 0.29) is 18.3 Å². The van der Waals surface area contributed by atoms with E-state index in [1.54, 1.807) is 12.1 Å². The standard InChI is InChI=1S/C19H18ClN3O3S/c1-12-6-5-7-13(2)18(12)21-16(24)11-27-19-23-22-17(26-19)10-25-15-9-4-3-8-14(15)20/h3-9H,10-11H2,1-2H3,(H,21,24). The Morgan fingerprint density at radius 3 is 2.63 bits per heavy atom. The van der Waals surface area contributed by atoms with Crippen LogP contribution in [0.1, 0.15) is 17.0 Å². The van der Waals surface area contributed by atoms with Gasteiger partial charge in [0, 0.05) is 5.69 Å². The Hall–Kier alpha value is -2.51. The van der Waals surface area contributed by atoms with Gasteiger partial charge in [-0.1, -0.05) is 53.7 Å². The van der Waals surface area contributed by atoms with Crippen molar-refractivity contribution >= 4 is 35.0 Å². The molecule has 0 radical (unpaired) electrons. The van der Waals surface area contributed by atoms with Crippen molar-refractivity contribution in [3.63, 3.8) is 0 Å². The van der Waals surface area contributed by atoms with Crippen LogP contribution in [-0.4, -0.2) is 21.9 Å². The van der Waals surface area contributed by atoms with Crippen LogP contribution in [0.3, 0.4) is 0 Å². The first-order valence-corrected chi connectivity index (χ1v) is 9.58. The minimum atomic E-state index is -0.135.